The van der Waals surface area contributed by atoms with Crippen LogP contribution in [0.25, 0.3) is 0 Å². The van der Waals surface area contributed by atoms with E-state index in [4.69, 9.17) is 9.68 Å². The van der Waals surface area contributed by atoms with Crippen LogP contribution >= 0.6 is 0 Å². The van der Waals surface area contributed by atoms with E-state index >= 15 is 0 Å². The van der Waals surface area contributed by atoms with Gasteiger partial charge in [-0.1, -0.05) is 6.07 Å². The maximum Gasteiger partial charge on any atom is 0.295 e. The molecule has 0 aliphatic rings. The minimum Gasteiger partial charge on any atom is -0.449 e. The fourth-order valence-corrected chi connectivity index (χ4v) is 1.55. The summed E-state index contributed by atoms with van der Waals surface area (Å²) in [5, 5.41) is 21.9. The molecule has 0 amide bonds. The van der Waals surface area contributed by atoms with E-state index in [9.17, 15) is 14.5 Å². The van der Waals surface area contributed by atoms with Crippen LogP contribution in [0, 0.1) is 27.3 Å². The van der Waals surface area contributed by atoms with Crippen molar-refractivity contribution in [3.8, 4) is 6.07 Å². The van der Waals surface area contributed by atoms with Crippen molar-refractivity contribution in [3.63, 3.8) is 0 Å². The number of benzene rings is 1. The number of rotatable bonds is 4. The number of nitro groups is 1. The Balaban J connectivity index is 2.19. The summed E-state index contributed by atoms with van der Waals surface area (Å²) in [4.78, 5) is 10.1. The van der Waals surface area contributed by atoms with Crippen molar-refractivity contribution >= 4 is 11.4 Å². The average Bonchev–Trinajstić information content (AvgIpc) is 2.85. The van der Waals surface area contributed by atoms with Crippen molar-refractivity contribution < 1.29 is 13.7 Å². The van der Waals surface area contributed by atoms with E-state index in [2.05, 4.69) is 5.32 Å². The summed E-state index contributed by atoms with van der Waals surface area (Å²) in [5.74, 6) is -0.213. The molecule has 0 radical (unpaired) electrons. The van der Waals surface area contributed by atoms with Crippen molar-refractivity contribution in [2.45, 2.75) is 6.54 Å². The summed E-state index contributed by atoms with van der Waals surface area (Å²) < 4.78 is 18.6. The molecule has 2 rings (SSSR count). The number of nitrogens with one attached hydrogen (secondary N) is 1. The number of anilines is 1. The third kappa shape index (κ3) is 2.69. The van der Waals surface area contributed by atoms with Gasteiger partial charge < -0.3 is 9.73 Å². The highest BCUT2D eigenvalue weighted by Gasteiger charge is 2.17. The zero-order valence-electron chi connectivity index (χ0n) is 9.59. The van der Waals surface area contributed by atoms with E-state index < -0.39 is 10.7 Å². The van der Waals surface area contributed by atoms with Crippen LogP contribution in [0.3, 0.4) is 0 Å². The SMILES string of the molecule is N#Cc1ccc(CNc2c(F)cccc2[N+](=O)[O-])o1. The zero-order chi connectivity index (χ0) is 13.8. The summed E-state index contributed by atoms with van der Waals surface area (Å²) >= 11 is 0. The molecule has 0 unspecified atom stereocenters. The Morgan fingerprint density at radius 2 is 2.21 bits per heavy atom. The molecule has 96 valence electrons. The first kappa shape index (κ1) is 12.6. The van der Waals surface area contributed by atoms with Crippen molar-refractivity contribution in [2.75, 3.05) is 5.32 Å². The second-order valence-electron chi connectivity index (χ2n) is 3.62. The molecular weight excluding hydrogens is 253 g/mol. The number of nitrogens with zero attached hydrogens (tertiary/aromatic N) is 2. The van der Waals surface area contributed by atoms with Crippen LogP contribution in [-0.2, 0) is 6.54 Å². The van der Waals surface area contributed by atoms with Crippen LogP contribution in [0.4, 0.5) is 15.8 Å². The highest BCUT2D eigenvalue weighted by atomic mass is 19.1. The number of hydrogen-bond acceptors (Lipinski definition) is 5. The van der Waals surface area contributed by atoms with Crippen molar-refractivity contribution in [1.29, 1.82) is 5.26 Å². The third-order valence-corrected chi connectivity index (χ3v) is 2.40. The molecule has 0 bridgehead atoms. The summed E-state index contributed by atoms with van der Waals surface area (Å²) in [6.45, 7) is 0.0451. The van der Waals surface area contributed by atoms with Crippen LogP contribution in [0.2, 0.25) is 0 Å². The Hall–Kier alpha value is -2.88. The minimum absolute atomic E-state index is 0.0451. The standard InChI is InChI=1S/C12H8FN3O3/c13-10-2-1-3-11(16(17)18)12(10)15-7-9-5-4-8(6-14)19-9/h1-5,15H,7H2. The third-order valence-electron chi connectivity index (χ3n) is 2.40. The van der Waals surface area contributed by atoms with E-state index in [1.54, 1.807) is 0 Å². The highest BCUT2D eigenvalue weighted by molar-refractivity contribution is 5.62. The van der Waals surface area contributed by atoms with Crippen molar-refractivity contribution in [3.05, 3.63) is 57.8 Å². The molecule has 0 saturated carbocycles. The lowest BCUT2D eigenvalue weighted by Crippen LogP contribution is -2.04. The molecule has 2 aromatic rings. The predicted octanol–water partition coefficient (Wildman–Crippen LogP) is 2.81. The number of nitro benzene ring substituents is 1. The fourth-order valence-electron chi connectivity index (χ4n) is 1.55. The first-order valence-corrected chi connectivity index (χ1v) is 5.27. The molecule has 0 saturated heterocycles. The number of hydrogen-bond donors (Lipinski definition) is 1. The second kappa shape index (κ2) is 5.18. The molecule has 0 spiro atoms. The average molecular weight is 261 g/mol. The summed E-state index contributed by atoms with van der Waals surface area (Å²) in [6.07, 6.45) is 0. The molecule has 0 aliphatic heterocycles. The van der Waals surface area contributed by atoms with Crippen molar-refractivity contribution in [2.24, 2.45) is 0 Å². The molecule has 0 fully saturated rings. The normalized spacial score (nSPS) is 9.89. The Morgan fingerprint density at radius 3 is 2.84 bits per heavy atom. The number of nitriles is 1. The predicted molar refractivity (Wildman–Crippen MR) is 63.8 cm³/mol. The van der Waals surface area contributed by atoms with Crippen LogP contribution in [0.1, 0.15) is 11.5 Å². The molecule has 1 heterocycles. The Kier molecular flexibility index (Phi) is 3.43. The number of para-hydroxylation sites is 1. The lowest BCUT2D eigenvalue weighted by atomic mass is 10.2. The van der Waals surface area contributed by atoms with Crippen LogP contribution < -0.4 is 5.32 Å². The van der Waals surface area contributed by atoms with E-state index in [1.165, 1.54) is 24.3 Å². The first-order valence-electron chi connectivity index (χ1n) is 5.27. The van der Waals surface area contributed by atoms with Gasteiger partial charge in [-0.2, -0.15) is 5.26 Å². The molecule has 0 atom stereocenters. The topological polar surface area (TPSA) is 92.1 Å². The van der Waals surface area contributed by atoms with E-state index in [0.29, 0.717) is 5.76 Å². The largest absolute Gasteiger partial charge is 0.449 e. The highest BCUT2D eigenvalue weighted by Crippen LogP contribution is 2.27. The summed E-state index contributed by atoms with van der Waals surface area (Å²) in [6, 6.07) is 8.40. The zero-order valence-corrected chi connectivity index (χ0v) is 9.59. The maximum atomic E-state index is 13.5. The molecule has 6 nitrogen and oxygen atoms in total. The lowest BCUT2D eigenvalue weighted by Gasteiger charge is -2.06. The fraction of sp³-hybridized carbons (Fsp3) is 0.0833. The van der Waals surface area contributed by atoms with Gasteiger partial charge in [-0.25, -0.2) is 4.39 Å². The van der Waals surface area contributed by atoms with Gasteiger partial charge in [-0.05, 0) is 18.2 Å². The molecule has 1 aromatic carbocycles. The lowest BCUT2D eigenvalue weighted by molar-refractivity contribution is -0.384. The molecule has 0 aliphatic carbocycles. The molecular formula is C12H8FN3O3. The molecule has 1 aromatic heterocycles. The van der Waals surface area contributed by atoms with E-state index in [1.807, 2.05) is 6.07 Å². The van der Waals surface area contributed by atoms with Gasteiger partial charge in [0.15, 0.2) is 5.82 Å². The first-order chi connectivity index (χ1) is 9.11. The summed E-state index contributed by atoms with van der Waals surface area (Å²) in [7, 11) is 0. The van der Waals surface area contributed by atoms with Crippen LogP contribution in [0.5, 0.6) is 0 Å². The second-order valence-corrected chi connectivity index (χ2v) is 3.62. The van der Waals surface area contributed by atoms with Gasteiger partial charge in [0, 0.05) is 6.07 Å². The number of halogens is 1. The maximum absolute atomic E-state index is 13.5. The van der Waals surface area contributed by atoms with E-state index in [0.717, 1.165) is 6.07 Å². The quantitative estimate of drug-likeness (QED) is 0.674. The summed E-state index contributed by atoms with van der Waals surface area (Å²) in [5.41, 5.74) is -0.561. The van der Waals surface area contributed by atoms with Gasteiger partial charge in [-0.15, -0.1) is 0 Å². The smallest absolute Gasteiger partial charge is 0.295 e. The molecule has 1 N–H and O–H groups in total. The monoisotopic (exact) mass is 261 g/mol. The molecule has 19 heavy (non-hydrogen) atoms. The molecule has 7 heteroatoms. The van der Waals surface area contributed by atoms with Crippen LogP contribution in [0.15, 0.2) is 34.7 Å². The Morgan fingerprint density at radius 1 is 1.42 bits per heavy atom. The Bertz CT molecular complexity index is 660. The van der Waals surface area contributed by atoms with Crippen molar-refractivity contribution in [1.82, 2.24) is 0 Å². The Labute approximate surface area is 107 Å². The van der Waals surface area contributed by atoms with Gasteiger partial charge in [0.05, 0.1) is 11.5 Å². The van der Waals surface area contributed by atoms with Gasteiger partial charge in [0.2, 0.25) is 5.76 Å². The van der Waals surface area contributed by atoms with E-state index in [-0.39, 0.29) is 23.7 Å². The van der Waals surface area contributed by atoms with Gasteiger partial charge in [0.25, 0.3) is 5.69 Å². The van der Waals surface area contributed by atoms with Gasteiger partial charge in [-0.3, -0.25) is 10.1 Å². The van der Waals surface area contributed by atoms with Gasteiger partial charge in [0.1, 0.15) is 17.5 Å². The minimum atomic E-state index is -0.721. The van der Waals surface area contributed by atoms with Gasteiger partial charge >= 0.3 is 0 Å². The van der Waals surface area contributed by atoms with Crippen LogP contribution in [-0.4, -0.2) is 4.92 Å². The number of furan rings is 1.